The molecule has 8 nitrogen and oxygen atoms in total. The van der Waals surface area contributed by atoms with Crippen LogP contribution in [0.2, 0.25) is 0 Å². The number of nitrogens with zero attached hydrogens (tertiary/aromatic N) is 3. The van der Waals surface area contributed by atoms with E-state index in [0.717, 1.165) is 16.9 Å². The number of rotatable bonds is 5. The summed E-state index contributed by atoms with van der Waals surface area (Å²) in [5.74, 6) is 0.0893. The van der Waals surface area contributed by atoms with Crippen LogP contribution in [-0.4, -0.2) is 41.3 Å². The van der Waals surface area contributed by atoms with Crippen LogP contribution in [0.4, 0.5) is 5.82 Å². The molecule has 4 rings (SSSR count). The molecule has 10 heteroatoms. The summed E-state index contributed by atoms with van der Waals surface area (Å²) in [6.07, 6.45) is 2.49. The van der Waals surface area contributed by atoms with Crippen LogP contribution in [0.1, 0.15) is 19.8 Å². The summed E-state index contributed by atoms with van der Waals surface area (Å²) in [7, 11) is -3.69. The number of thiazole rings is 1. The van der Waals surface area contributed by atoms with Gasteiger partial charge in [0.25, 0.3) is 0 Å². The Labute approximate surface area is 178 Å². The lowest BCUT2D eigenvalue weighted by Crippen LogP contribution is -2.41. The fourth-order valence-corrected chi connectivity index (χ4v) is 6.24. The number of hydrogen-bond acceptors (Lipinski definition) is 6. The molecule has 0 unspecified atom stereocenters. The van der Waals surface area contributed by atoms with Gasteiger partial charge in [-0.25, -0.2) is 13.4 Å². The van der Waals surface area contributed by atoms with Gasteiger partial charge in [-0.3, -0.25) is 14.2 Å². The van der Waals surface area contributed by atoms with Crippen LogP contribution in [0.15, 0.2) is 52.3 Å². The van der Waals surface area contributed by atoms with Gasteiger partial charge in [0.2, 0.25) is 15.9 Å². The summed E-state index contributed by atoms with van der Waals surface area (Å²) in [6.45, 7) is 2.96. The van der Waals surface area contributed by atoms with Gasteiger partial charge in [0.1, 0.15) is 5.82 Å². The number of pyridine rings is 1. The van der Waals surface area contributed by atoms with Crippen LogP contribution in [0.5, 0.6) is 0 Å². The first-order valence-electron chi connectivity index (χ1n) is 9.75. The molecule has 0 bridgehead atoms. The Morgan fingerprint density at radius 3 is 2.67 bits per heavy atom. The number of carbonyl (C=O) groups is 1. The quantitative estimate of drug-likeness (QED) is 0.649. The van der Waals surface area contributed by atoms with Crippen molar-refractivity contribution in [3.8, 4) is 0 Å². The standard InChI is InChI=1S/C20H22N4O4S2/c1-2-24-16-7-6-15(13-17(16)29-20(24)26)30(27,28)23-11-8-14(9-12-23)19(25)22-18-5-3-4-10-21-18/h3-7,10,13-14H,2,8-9,11-12H2,1H3,(H,21,22,25). The molecule has 1 fully saturated rings. The Bertz CT molecular complexity index is 1230. The molecule has 0 atom stereocenters. The van der Waals surface area contributed by atoms with Crippen LogP contribution in [0.25, 0.3) is 10.2 Å². The van der Waals surface area contributed by atoms with Crippen LogP contribution in [0, 0.1) is 5.92 Å². The second-order valence-electron chi connectivity index (χ2n) is 7.12. The maximum atomic E-state index is 13.1. The number of fused-ring (bicyclic) bond motifs is 1. The molecule has 0 saturated carbocycles. The minimum atomic E-state index is -3.69. The number of nitrogens with one attached hydrogen (secondary N) is 1. The van der Waals surface area contributed by atoms with Crippen molar-refractivity contribution in [1.29, 1.82) is 0 Å². The monoisotopic (exact) mass is 446 g/mol. The number of aryl methyl sites for hydroxylation is 1. The van der Waals surface area contributed by atoms with E-state index in [2.05, 4.69) is 10.3 Å². The third-order valence-electron chi connectivity index (χ3n) is 5.33. The highest BCUT2D eigenvalue weighted by molar-refractivity contribution is 7.89. The number of aromatic nitrogens is 2. The second-order valence-corrected chi connectivity index (χ2v) is 10.1. The van der Waals surface area contributed by atoms with Gasteiger partial charge in [0, 0.05) is 31.7 Å². The summed E-state index contributed by atoms with van der Waals surface area (Å²) in [6, 6.07) is 10.1. The number of piperidine rings is 1. The van der Waals surface area contributed by atoms with Crippen molar-refractivity contribution in [2.75, 3.05) is 18.4 Å². The van der Waals surface area contributed by atoms with Crippen LogP contribution in [-0.2, 0) is 21.4 Å². The first-order chi connectivity index (χ1) is 14.4. The molecule has 0 spiro atoms. The molecule has 1 aliphatic rings. The predicted octanol–water partition coefficient (Wildman–Crippen LogP) is 2.52. The zero-order valence-electron chi connectivity index (χ0n) is 16.4. The van der Waals surface area contributed by atoms with Crippen molar-refractivity contribution in [1.82, 2.24) is 13.9 Å². The van der Waals surface area contributed by atoms with E-state index in [1.165, 1.54) is 4.31 Å². The van der Waals surface area contributed by atoms with Crippen molar-refractivity contribution in [3.63, 3.8) is 0 Å². The molecule has 1 amide bonds. The number of hydrogen-bond donors (Lipinski definition) is 1. The SMILES string of the molecule is CCn1c(=O)sc2cc(S(=O)(=O)N3CCC(C(=O)Nc4ccccn4)CC3)ccc21. The molecule has 1 aromatic carbocycles. The fourth-order valence-electron chi connectivity index (χ4n) is 3.68. The number of amides is 1. The Morgan fingerprint density at radius 1 is 1.23 bits per heavy atom. The van der Waals surface area contributed by atoms with Gasteiger partial charge in [-0.1, -0.05) is 17.4 Å². The number of carbonyl (C=O) groups excluding carboxylic acids is 1. The summed E-state index contributed by atoms with van der Waals surface area (Å²) in [5, 5.41) is 2.78. The van der Waals surface area contributed by atoms with Gasteiger partial charge in [0.05, 0.1) is 15.1 Å². The van der Waals surface area contributed by atoms with Gasteiger partial charge in [-0.15, -0.1) is 0 Å². The smallest absolute Gasteiger partial charge is 0.308 e. The molecule has 1 saturated heterocycles. The third kappa shape index (κ3) is 3.90. The molecule has 1 aliphatic heterocycles. The zero-order valence-corrected chi connectivity index (χ0v) is 18.1. The van der Waals surface area contributed by atoms with Crippen LogP contribution in [0.3, 0.4) is 0 Å². The Morgan fingerprint density at radius 2 is 2.00 bits per heavy atom. The van der Waals surface area contributed by atoms with Gasteiger partial charge in [-0.2, -0.15) is 4.31 Å². The highest BCUT2D eigenvalue weighted by Gasteiger charge is 2.32. The average Bonchev–Trinajstić information content (AvgIpc) is 3.08. The highest BCUT2D eigenvalue weighted by atomic mass is 32.2. The molecule has 3 heterocycles. The summed E-state index contributed by atoms with van der Waals surface area (Å²) in [5.41, 5.74) is 0.747. The number of benzene rings is 1. The van der Waals surface area contributed by atoms with Gasteiger partial charge < -0.3 is 5.32 Å². The van der Waals surface area contributed by atoms with E-state index < -0.39 is 10.0 Å². The lowest BCUT2D eigenvalue weighted by atomic mass is 9.97. The second kappa shape index (κ2) is 8.29. The first kappa shape index (κ1) is 20.7. The van der Waals surface area contributed by atoms with Crippen LogP contribution < -0.4 is 10.2 Å². The van der Waals surface area contributed by atoms with Crippen molar-refractivity contribution < 1.29 is 13.2 Å². The number of sulfonamides is 1. The molecular weight excluding hydrogens is 424 g/mol. The zero-order chi connectivity index (χ0) is 21.3. The summed E-state index contributed by atoms with van der Waals surface area (Å²) in [4.78, 5) is 28.7. The Kier molecular flexibility index (Phi) is 5.72. The lowest BCUT2D eigenvalue weighted by Gasteiger charge is -2.30. The Hall–Kier alpha value is -2.56. The van der Waals surface area contributed by atoms with E-state index >= 15 is 0 Å². The Balaban J connectivity index is 1.46. The summed E-state index contributed by atoms with van der Waals surface area (Å²) < 4.78 is 29.9. The molecule has 2 aromatic heterocycles. The molecule has 1 N–H and O–H groups in total. The van der Waals surface area contributed by atoms with Gasteiger partial charge in [-0.05, 0) is 50.1 Å². The molecular formula is C20H22N4O4S2. The third-order valence-corrected chi connectivity index (χ3v) is 8.17. The van der Waals surface area contributed by atoms with Gasteiger partial charge in [0.15, 0.2) is 0 Å². The van der Waals surface area contributed by atoms with E-state index in [9.17, 15) is 18.0 Å². The van der Waals surface area contributed by atoms with Crippen molar-refractivity contribution >= 4 is 43.3 Å². The lowest BCUT2D eigenvalue weighted by molar-refractivity contribution is -0.120. The van der Waals surface area contributed by atoms with Gasteiger partial charge >= 0.3 is 4.87 Å². The largest absolute Gasteiger partial charge is 0.310 e. The van der Waals surface area contributed by atoms with Crippen molar-refractivity contribution in [2.24, 2.45) is 5.92 Å². The van der Waals surface area contributed by atoms with E-state index in [1.807, 2.05) is 6.92 Å². The predicted molar refractivity (Wildman–Crippen MR) is 116 cm³/mol. The number of anilines is 1. The molecule has 158 valence electrons. The highest BCUT2D eigenvalue weighted by Crippen LogP contribution is 2.27. The normalized spacial score (nSPS) is 16.0. The first-order valence-corrected chi connectivity index (χ1v) is 12.0. The summed E-state index contributed by atoms with van der Waals surface area (Å²) >= 11 is 1.05. The maximum absolute atomic E-state index is 13.1. The minimum Gasteiger partial charge on any atom is -0.310 e. The topological polar surface area (TPSA) is 101 Å². The molecule has 0 radical (unpaired) electrons. The van der Waals surface area contributed by atoms with E-state index in [1.54, 1.807) is 47.2 Å². The fraction of sp³-hybridized carbons (Fsp3) is 0.350. The van der Waals surface area contributed by atoms with Crippen molar-refractivity contribution in [3.05, 3.63) is 52.3 Å². The maximum Gasteiger partial charge on any atom is 0.308 e. The minimum absolute atomic E-state index is 0.0956. The van der Waals surface area contributed by atoms with E-state index in [4.69, 9.17) is 0 Å². The average molecular weight is 447 g/mol. The van der Waals surface area contributed by atoms with E-state index in [0.29, 0.717) is 29.9 Å². The molecule has 30 heavy (non-hydrogen) atoms. The van der Waals surface area contributed by atoms with E-state index in [-0.39, 0.29) is 34.7 Å². The van der Waals surface area contributed by atoms with Crippen LogP contribution >= 0.6 is 11.3 Å². The molecule has 0 aliphatic carbocycles. The van der Waals surface area contributed by atoms with Crippen molar-refractivity contribution in [2.45, 2.75) is 31.2 Å². The molecule has 3 aromatic rings.